The lowest BCUT2D eigenvalue weighted by Gasteiger charge is -2.18. The summed E-state index contributed by atoms with van der Waals surface area (Å²) in [6.45, 7) is 8.85. The summed E-state index contributed by atoms with van der Waals surface area (Å²) in [7, 11) is 1.63. The zero-order valence-corrected chi connectivity index (χ0v) is 16.8. The summed E-state index contributed by atoms with van der Waals surface area (Å²) in [4.78, 5) is 11.9. The Balaban J connectivity index is 0.00000576. The fraction of sp³-hybridized carbons (Fsp3) is 0.632. The quantitative estimate of drug-likeness (QED) is 0.654. The molecule has 0 aliphatic rings. The van der Waals surface area contributed by atoms with Crippen LogP contribution in [0.1, 0.15) is 58.6 Å². The number of halogens is 1. The van der Waals surface area contributed by atoms with Gasteiger partial charge < -0.3 is 20.5 Å². The zero-order chi connectivity index (χ0) is 18.1. The fourth-order valence-corrected chi connectivity index (χ4v) is 2.23. The smallest absolute Gasteiger partial charge is 0.220 e. The number of amides is 1. The first-order valence-electron chi connectivity index (χ1n) is 8.69. The summed E-state index contributed by atoms with van der Waals surface area (Å²) in [6, 6.07) is 5.72. The van der Waals surface area contributed by atoms with Crippen molar-refractivity contribution >= 4 is 18.3 Å². The minimum atomic E-state index is -0.0933. The molecule has 1 amide bonds. The number of ether oxygens (including phenoxy) is 2. The van der Waals surface area contributed by atoms with Crippen LogP contribution in [0.5, 0.6) is 11.5 Å². The van der Waals surface area contributed by atoms with Crippen molar-refractivity contribution in [2.24, 2.45) is 11.7 Å². The largest absolute Gasteiger partial charge is 0.493 e. The van der Waals surface area contributed by atoms with E-state index in [1.165, 1.54) is 0 Å². The number of nitrogens with two attached hydrogens (primary N) is 1. The van der Waals surface area contributed by atoms with E-state index in [1.54, 1.807) is 7.11 Å². The molecule has 0 bridgehead atoms. The van der Waals surface area contributed by atoms with Crippen LogP contribution in [0, 0.1) is 5.92 Å². The zero-order valence-electron chi connectivity index (χ0n) is 16.0. The van der Waals surface area contributed by atoms with Gasteiger partial charge in [0.25, 0.3) is 0 Å². The molecule has 6 heteroatoms. The van der Waals surface area contributed by atoms with E-state index in [0.717, 1.165) is 17.7 Å². The van der Waals surface area contributed by atoms with Crippen molar-refractivity contribution < 1.29 is 14.3 Å². The number of rotatable bonds is 10. The van der Waals surface area contributed by atoms with Crippen LogP contribution in [-0.2, 0) is 4.79 Å². The lowest BCUT2D eigenvalue weighted by Crippen LogP contribution is -2.28. The second-order valence-electron chi connectivity index (χ2n) is 6.75. The molecule has 0 fully saturated rings. The van der Waals surface area contributed by atoms with Gasteiger partial charge in [0.15, 0.2) is 11.5 Å². The average Bonchev–Trinajstić information content (AvgIpc) is 2.52. The van der Waals surface area contributed by atoms with Gasteiger partial charge in [0.05, 0.1) is 19.8 Å². The number of benzene rings is 1. The minimum Gasteiger partial charge on any atom is -0.493 e. The highest BCUT2D eigenvalue weighted by molar-refractivity contribution is 5.85. The van der Waals surface area contributed by atoms with Gasteiger partial charge in [-0.25, -0.2) is 0 Å². The number of carbonyl (C=O) groups is 1. The van der Waals surface area contributed by atoms with Gasteiger partial charge in [-0.3, -0.25) is 4.79 Å². The molecule has 0 spiro atoms. The van der Waals surface area contributed by atoms with Gasteiger partial charge in [0.2, 0.25) is 5.91 Å². The lowest BCUT2D eigenvalue weighted by atomic mass is 10.1. The molecule has 2 unspecified atom stereocenters. The normalized spacial score (nSPS) is 12.9. The third-order valence-electron chi connectivity index (χ3n) is 3.84. The van der Waals surface area contributed by atoms with Crippen molar-refractivity contribution in [3.63, 3.8) is 0 Å². The van der Waals surface area contributed by atoms with E-state index in [4.69, 9.17) is 15.2 Å². The van der Waals surface area contributed by atoms with Gasteiger partial charge in [-0.2, -0.15) is 0 Å². The van der Waals surface area contributed by atoms with Crippen LogP contribution >= 0.6 is 12.4 Å². The molecule has 1 aromatic rings. The second-order valence-corrected chi connectivity index (χ2v) is 6.75. The van der Waals surface area contributed by atoms with Crippen LogP contribution < -0.4 is 20.5 Å². The Morgan fingerprint density at radius 3 is 2.40 bits per heavy atom. The minimum absolute atomic E-state index is 0. The third kappa shape index (κ3) is 8.98. The van der Waals surface area contributed by atoms with E-state index >= 15 is 0 Å². The summed E-state index contributed by atoms with van der Waals surface area (Å²) < 4.78 is 11.2. The second kappa shape index (κ2) is 12.0. The summed E-state index contributed by atoms with van der Waals surface area (Å²) in [5.74, 6) is 2.03. The third-order valence-corrected chi connectivity index (χ3v) is 3.84. The Morgan fingerprint density at radius 1 is 1.16 bits per heavy atom. The van der Waals surface area contributed by atoms with E-state index in [1.807, 2.05) is 32.0 Å². The van der Waals surface area contributed by atoms with Crippen molar-refractivity contribution in [2.75, 3.05) is 13.7 Å². The van der Waals surface area contributed by atoms with Crippen LogP contribution in [0.15, 0.2) is 18.2 Å². The molecule has 0 aromatic heterocycles. The van der Waals surface area contributed by atoms with Gasteiger partial charge in [0, 0.05) is 12.5 Å². The number of hydrogen-bond donors (Lipinski definition) is 2. The van der Waals surface area contributed by atoms with Crippen LogP contribution in [0.2, 0.25) is 0 Å². The first-order chi connectivity index (χ1) is 11.3. The Kier molecular flexibility index (Phi) is 11.3. The van der Waals surface area contributed by atoms with E-state index in [2.05, 4.69) is 19.2 Å². The highest BCUT2D eigenvalue weighted by Gasteiger charge is 2.13. The van der Waals surface area contributed by atoms with Crippen LogP contribution in [0.25, 0.3) is 0 Å². The lowest BCUT2D eigenvalue weighted by molar-refractivity contribution is -0.121. The fourth-order valence-electron chi connectivity index (χ4n) is 2.23. The monoisotopic (exact) mass is 372 g/mol. The summed E-state index contributed by atoms with van der Waals surface area (Å²) in [5.41, 5.74) is 6.67. The Morgan fingerprint density at radius 2 is 1.84 bits per heavy atom. The Labute approximate surface area is 158 Å². The molecule has 3 N–H and O–H groups in total. The number of methoxy groups -OCH3 is 1. The number of carbonyl (C=O) groups excluding carboxylic acids is 1. The van der Waals surface area contributed by atoms with Crippen molar-refractivity contribution in [3.05, 3.63) is 23.8 Å². The molecule has 1 aromatic carbocycles. The average molecular weight is 373 g/mol. The molecule has 0 heterocycles. The maximum atomic E-state index is 11.9. The number of nitrogens with one attached hydrogen (secondary N) is 1. The van der Waals surface area contributed by atoms with Crippen molar-refractivity contribution in [2.45, 2.75) is 59.0 Å². The molecule has 5 nitrogen and oxygen atoms in total. The number of hydrogen-bond acceptors (Lipinski definition) is 4. The van der Waals surface area contributed by atoms with Gasteiger partial charge in [-0.15, -0.1) is 12.4 Å². The van der Waals surface area contributed by atoms with Gasteiger partial charge in [-0.1, -0.05) is 19.9 Å². The van der Waals surface area contributed by atoms with E-state index in [0.29, 0.717) is 31.1 Å². The molecular weight excluding hydrogens is 340 g/mol. The van der Waals surface area contributed by atoms with Gasteiger partial charge >= 0.3 is 0 Å². The van der Waals surface area contributed by atoms with Gasteiger partial charge in [0.1, 0.15) is 0 Å². The molecule has 1 rings (SSSR count). The predicted molar refractivity (Wildman–Crippen MR) is 105 cm³/mol. The molecule has 0 aliphatic carbocycles. The first-order valence-corrected chi connectivity index (χ1v) is 8.69. The molecule has 0 radical (unpaired) electrons. The van der Waals surface area contributed by atoms with Crippen molar-refractivity contribution in [1.82, 2.24) is 5.32 Å². The van der Waals surface area contributed by atoms with E-state index in [9.17, 15) is 4.79 Å². The molecule has 25 heavy (non-hydrogen) atoms. The maximum absolute atomic E-state index is 11.9. The van der Waals surface area contributed by atoms with Crippen molar-refractivity contribution in [3.8, 4) is 11.5 Å². The predicted octanol–water partition coefficient (Wildman–Crippen LogP) is 3.85. The Hall–Kier alpha value is -1.46. The summed E-state index contributed by atoms with van der Waals surface area (Å²) in [6.07, 6.45) is 2.12. The van der Waals surface area contributed by atoms with Crippen LogP contribution in [0.4, 0.5) is 0 Å². The maximum Gasteiger partial charge on any atom is 0.220 e. The molecule has 2 atom stereocenters. The van der Waals surface area contributed by atoms with Crippen LogP contribution in [0.3, 0.4) is 0 Å². The standard InChI is InChI=1S/C19H32N2O3.ClH/c1-13(2)10-11-24-17-8-7-16(12-18(17)23-5)15(4)21-19(22)9-6-14(3)20;/h7-8,12-15H,6,9-11,20H2,1-5H3,(H,21,22);1H. The summed E-state index contributed by atoms with van der Waals surface area (Å²) in [5, 5.41) is 2.99. The topological polar surface area (TPSA) is 73.6 Å². The first kappa shape index (κ1) is 23.5. The molecule has 144 valence electrons. The molecular formula is C19H33ClN2O3. The highest BCUT2D eigenvalue weighted by Crippen LogP contribution is 2.30. The molecule has 0 saturated carbocycles. The van der Waals surface area contributed by atoms with Crippen LogP contribution in [-0.4, -0.2) is 25.7 Å². The van der Waals surface area contributed by atoms with E-state index < -0.39 is 0 Å². The SMILES string of the molecule is COc1cc(C(C)NC(=O)CCC(C)N)ccc1OCCC(C)C.Cl. The molecule has 0 aliphatic heterocycles. The molecule has 0 saturated heterocycles. The Bertz CT molecular complexity index is 521. The van der Waals surface area contributed by atoms with Gasteiger partial charge in [-0.05, 0) is 50.3 Å². The summed E-state index contributed by atoms with van der Waals surface area (Å²) >= 11 is 0. The van der Waals surface area contributed by atoms with Crippen molar-refractivity contribution in [1.29, 1.82) is 0 Å². The van der Waals surface area contributed by atoms with E-state index in [-0.39, 0.29) is 30.4 Å². The highest BCUT2D eigenvalue weighted by atomic mass is 35.5.